The second kappa shape index (κ2) is 6.12. The van der Waals surface area contributed by atoms with Crippen LogP contribution in [0.4, 0.5) is 4.79 Å². The van der Waals surface area contributed by atoms with Crippen molar-refractivity contribution in [3.63, 3.8) is 0 Å². The Morgan fingerprint density at radius 1 is 1.41 bits per heavy atom. The molecule has 1 aliphatic rings. The summed E-state index contributed by atoms with van der Waals surface area (Å²) in [6.45, 7) is 7.83. The summed E-state index contributed by atoms with van der Waals surface area (Å²) in [4.78, 5) is 25.8. The summed E-state index contributed by atoms with van der Waals surface area (Å²) in [5.74, 6) is -0.331. The van der Waals surface area contributed by atoms with Crippen LogP contribution >= 0.6 is 11.3 Å². The highest BCUT2D eigenvalue weighted by Crippen LogP contribution is 2.30. The third-order valence-corrected chi connectivity index (χ3v) is 4.32. The molecule has 1 aromatic heterocycles. The minimum absolute atomic E-state index is 0.165. The van der Waals surface area contributed by atoms with E-state index >= 15 is 0 Å². The SMILES string of the molecule is Cc1cc(C2=CCN(C(=O)O)C[C@@H]2OC(=O)C(C)(C)C)cs1. The highest BCUT2D eigenvalue weighted by atomic mass is 32.1. The lowest BCUT2D eigenvalue weighted by molar-refractivity contribution is -0.156. The number of amides is 1. The molecule has 1 aliphatic heterocycles. The number of carbonyl (C=O) groups excluding carboxylic acids is 1. The molecule has 1 amide bonds. The Kier molecular flexibility index (Phi) is 4.60. The number of carboxylic acid groups (broad SMARTS) is 1. The maximum atomic E-state index is 12.2. The number of rotatable bonds is 2. The van der Waals surface area contributed by atoms with E-state index in [1.807, 2.05) is 24.4 Å². The van der Waals surface area contributed by atoms with E-state index in [1.54, 1.807) is 32.1 Å². The van der Waals surface area contributed by atoms with Crippen LogP contribution in [0.2, 0.25) is 0 Å². The zero-order valence-corrected chi connectivity index (χ0v) is 14.1. The van der Waals surface area contributed by atoms with Crippen LogP contribution in [0.5, 0.6) is 0 Å². The van der Waals surface area contributed by atoms with Crippen molar-refractivity contribution in [2.75, 3.05) is 13.1 Å². The van der Waals surface area contributed by atoms with Crippen LogP contribution < -0.4 is 0 Å². The summed E-state index contributed by atoms with van der Waals surface area (Å²) in [7, 11) is 0. The second-order valence-electron chi connectivity index (χ2n) is 6.44. The third kappa shape index (κ3) is 3.68. The lowest BCUT2D eigenvalue weighted by Gasteiger charge is -2.32. The normalized spacial score (nSPS) is 18.8. The molecule has 0 spiro atoms. The zero-order valence-electron chi connectivity index (χ0n) is 13.3. The lowest BCUT2D eigenvalue weighted by atomic mass is 9.95. The fraction of sp³-hybridized carbons (Fsp3) is 0.500. The van der Waals surface area contributed by atoms with E-state index in [1.165, 1.54) is 4.90 Å². The Balaban J connectivity index is 2.28. The largest absolute Gasteiger partial charge is 0.465 e. The highest BCUT2D eigenvalue weighted by molar-refractivity contribution is 7.10. The first kappa shape index (κ1) is 16.5. The van der Waals surface area contributed by atoms with Gasteiger partial charge in [-0.15, -0.1) is 11.3 Å². The molecule has 0 saturated carbocycles. The molecule has 22 heavy (non-hydrogen) atoms. The molecule has 1 aromatic rings. The van der Waals surface area contributed by atoms with Gasteiger partial charge in [0.05, 0.1) is 12.0 Å². The highest BCUT2D eigenvalue weighted by Gasteiger charge is 2.33. The van der Waals surface area contributed by atoms with Gasteiger partial charge < -0.3 is 14.7 Å². The lowest BCUT2D eigenvalue weighted by Crippen LogP contribution is -2.43. The van der Waals surface area contributed by atoms with Crippen molar-refractivity contribution in [1.82, 2.24) is 4.90 Å². The summed E-state index contributed by atoms with van der Waals surface area (Å²) < 4.78 is 5.60. The minimum Gasteiger partial charge on any atom is -0.465 e. The summed E-state index contributed by atoms with van der Waals surface area (Å²) in [5.41, 5.74) is 1.26. The van der Waals surface area contributed by atoms with Crippen molar-refractivity contribution >= 4 is 29.0 Å². The summed E-state index contributed by atoms with van der Waals surface area (Å²) in [6, 6.07) is 2.03. The molecule has 1 atom stereocenters. The van der Waals surface area contributed by atoms with Crippen molar-refractivity contribution < 1.29 is 19.4 Å². The molecule has 0 saturated heterocycles. The van der Waals surface area contributed by atoms with Crippen LogP contribution in [-0.4, -0.2) is 41.3 Å². The number of nitrogens with zero attached hydrogens (tertiary/aromatic N) is 1. The molecular weight excluding hydrogens is 302 g/mol. The molecule has 2 heterocycles. The van der Waals surface area contributed by atoms with E-state index in [0.717, 1.165) is 16.0 Å². The molecule has 0 aliphatic carbocycles. The van der Waals surface area contributed by atoms with Gasteiger partial charge in [-0.05, 0) is 44.7 Å². The molecule has 0 radical (unpaired) electrons. The van der Waals surface area contributed by atoms with E-state index in [4.69, 9.17) is 9.84 Å². The molecule has 1 N–H and O–H groups in total. The number of ether oxygens (including phenoxy) is 1. The molecule has 2 rings (SSSR count). The topological polar surface area (TPSA) is 66.8 Å². The smallest absolute Gasteiger partial charge is 0.407 e. The Labute approximate surface area is 134 Å². The fourth-order valence-electron chi connectivity index (χ4n) is 2.17. The van der Waals surface area contributed by atoms with E-state index in [0.29, 0.717) is 6.54 Å². The third-order valence-electron chi connectivity index (χ3n) is 3.46. The quantitative estimate of drug-likeness (QED) is 0.847. The van der Waals surface area contributed by atoms with Gasteiger partial charge in [-0.1, -0.05) is 6.08 Å². The number of hydrogen-bond donors (Lipinski definition) is 1. The predicted molar refractivity (Wildman–Crippen MR) is 86.0 cm³/mol. The van der Waals surface area contributed by atoms with E-state index in [2.05, 4.69) is 0 Å². The van der Waals surface area contributed by atoms with Gasteiger partial charge in [-0.25, -0.2) is 4.79 Å². The molecule has 120 valence electrons. The van der Waals surface area contributed by atoms with Crippen LogP contribution in [0.15, 0.2) is 17.5 Å². The van der Waals surface area contributed by atoms with Crippen LogP contribution in [0, 0.1) is 12.3 Å². The second-order valence-corrected chi connectivity index (χ2v) is 7.55. The first-order valence-electron chi connectivity index (χ1n) is 7.13. The van der Waals surface area contributed by atoms with E-state index < -0.39 is 17.6 Å². The van der Waals surface area contributed by atoms with E-state index in [9.17, 15) is 9.59 Å². The van der Waals surface area contributed by atoms with Gasteiger partial charge in [-0.3, -0.25) is 4.79 Å². The Bertz CT molecular complexity index is 612. The Morgan fingerprint density at radius 2 is 2.09 bits per heavy atom. The van der Waals surface area contributed by atoms with Gasteiger partial charge in [-0.2, -0.15) is 0 Å². The predicted octanol–water partition coefficient (Wildman–Crippen LogP) is 3.39. The molecule has 0 unspecified atom stereocenters. The molecule has 5 nitrogen and oxygen atoms in total. The number of esters is 1. The molecule has 0 bridgehead atoms. The van der Waals surface area contributed by atoms with Crippen molar-refractivity contribution in [3.8, 4) is 0 Å². The van der Waals surface area contributed by atoms with Crippen LogP contribution in [0.3, 0.4) is 0 Å². The zero-order chi connectivity index (χ0) is 16.5. The number of carbonyl (C=O) groups is 2. The first-order chi connectivity index (χ1) is 10.2. The van der Waals surface area contributed by atoms with Gasteiger partial charge in [0.25, 0.3) is 0 Å². The van der Waals surface area contributed by atoms with Crippen molar-refractivity contribution in [3.05, 3.63) is 28.0 Å². The van der Waals surface area contributed by atoms with Crippen LogP contribution in [-0.2, 0) is 9.53 Å². The Hall–Kier alpha value is -1.82. The standard InChI is InChI=1S/C16H21NO4S/c1-10-7-11(9-22-10)12-5-6-17(15(19)20)8-13(12)21-14(18)16(2,3)4/h5,7,9,13H,6,8H2,1-4H3,(H,19,20)/t13-/m0/s1. The average molecular weight is 323 g/mol. The summed E-state index contributed by atoms with van der Waals surface area (Å²) in [5, 5.41) is 11.2. The number of aryl methyl sites for hydroxylation is 1. The van der Waals surface area contributed by atoms with Crippen molar-refractivity contribution in [2.45, 2.75) is 33.8 Å². The molecular formula is C16H21NO4S. The van der Waals surface area contributed by atoms with Gasteiger partial charge in [0.15, 0.2) is 0 Å². The minimum atomic E-state index is -1.01. The maximum absolute atomic E-state index is 12.2. The van der Waals surface area contributed by atoms with E-state index in [-0.39, 0.29) is 12.5 Å². The fourth-order valence-corrected chi connectivity index (χ4v) is 2.89. The molecule has 0 aromatic carbocycles. The van der Waals surface area contributed by atoms with Gasteiger partial charge in [0, 0.05) is 17.0 Å². The summed E-state index contributed by atoms with van der Waals surface area (Å²) in [6.07, 6.45) is 0.263. The molecule has 0 fully saturated rings. The van der Waals surface area contributed by atoms with Crippen molar-refractivity contribution in [2.24, 2.45) is 5.41 Å². The van der Waals surface area contributed by atoms with Crippen LogP contribution in [0.25, 0.3) is 5.57 Å². The van der Waals surface area contributed by atoms with Crippen LogP contribution in [0.1, 0.15) is 31.2 Å². The van der Waals surface area contributed by atoms with Gasteiger partial charge in [0.2, 0.25) is 0 Å². The molecule has 6 heteroatoms. The summed E-state index contributed by atoms with van der Waals surface area (Å²) >= 11 is 1.62. The van der Waals surface area contributed by atoms with Crippen molar-refractivity contribution in [1.29, 1.82) is 0 Å². The average Bonchev–Trinajstić information content (AvgIpc) is 2.84. The van der Waals surface area contributed by atoms with Gasteiger partial charge in [0.1, 0.15) is 6.10 Å². The first-order valence-corrected chi connectivity index (χ1v) is 8.01. The number of hydrogen-bond acceptors (Lipinski definition) is 4. The van der Waals surface area contributed by atoms with Gasteiger partial charge >= 0.3 is 12.1 Å². The maximum Gasteiger partial charge on any atom is 0.407 e. The monoisotopic (exact) mass is 323 g/mol. The Morgan fingerprint density at radius 3 is 2.59 bits per heavy atom. The number of thiophene rings is 1.